The Kier molecular flexibility index (Phi) is 9.03. The third kappa shape index (κ3) is 6.68. The number of carbonyl (C=O) groups is 1. The molecule has 222 valence electrons. The molecule has 0 fully saturated rings. The summed E-state index contributed by atoms with van der Waals surface area (Å²) in [4.78, 5) is 27.3. The largest absolute Gasteiger partial charge is 0.346 e. The summed E-state index contributed by atoms with van der Waals surface area (Å²) in [6.07, 6.45) is 3.63. The fraction of sp³-hybridized carbons (Fsp3) is 0.219. The minimum atomic E-state index is -4.13. The summed E-state index contributed by atoms with van der Waals surface area (Å²) in [6, 6.07) is 23.0. The van der Waals surface area contributed by atoms with Gasteiger partial charge in [-0.2, -0.15) is 8.42 Å². The number of fused-ring (bicyclic) bond motifs is 1. The van der Waals surface area contributed by atoms with Gasteiger partial charge in [0.25, 0.3) is 10.0 Å². The topological polar surface area (TPSA) is 110 Å². The van der Waals surface area contributed by atoms with Crippen LogP contribution in [0.4, 0.5) is 17.2 Å². The second-order valence-electron chi connectivity index (χ2n) is 10.0. The van der Waals surface area contributed by atoms with Gasteiger partial charge in [0.15, 0.2) is 0 Å². The van der Waals surface area contributed by atoms with Crippen LogP contribution in [0.25, 0.3) is 22.2 Å². The maximum atomic E-state index is 13.2. The number of sulfonamides is 1. The van der Waals surface area contributed by atoms with Crippen LogP contribution in [0, 0.1) is 6.92 Å². The summed E-state index contributed by atoms with van der Waals surface area (Å²) in [5.74, 6) is 0.572. The number of rotatable bonds is 13. The van der Waals surface area contributed by atoms with Crippen LogP contribution in [-0.2, 0) is 26.2 Å². The number of anilines is 3. The van der Waals surface area contributed by atoms with E-state index in [1.807, 2.05) is 13.0 Å². The van der Waals surface area contributed by atoms with Crippen molar-refractivity contribution in [1.29, 1.82) is 0 Å². The van der Waals surface area contributed by atoms with Crippen LogP contribution in [0.1, 0.15) is 19.4 Å². The zero-order valence-electron chi connectivity index (χ0n) is 24.3. The van der Waals surface area contributed by atoms with Gasteiger partial charge in [-0.25, -0.2) is 9.97 Å². The van der Waals surface area contributed by atoms with Crippen LogP contribution in [0.3, 0.4) is 0 Å². The molecule has 43 heavy (non-hydrogen) atoms. The lowest BCUT2D eigenvalue weighted by atomic mass is 10.1. The summed E-state index contributed by atoms with van der Waals surface area (Å²) in [7, 11) is -4.13. The van der Waals surface area contributed by atoms with Gasteiger partial charge in [0.2, 0.25) is 0 Å². The molecule has 0 aliphatic carbocycles. The third-order valence-electron chi connectivity index (χ3n) is 7.31. The monoisotopic (exact) mass is 598 g/mol. The van der Waals surface area contributed by atoms with Crippen LogP contribution in [0.15, 0.2) is 96.3 Å². The van der Waals surface area contributed by atoms with Crippen LogP contribution in [0.2, 0.25) is 0 Å². The molecule has 0 bridgehead atoms. The van der Waals surface area contributed by atoms with E-state index in [-0.39, 0.29) is 17.1 Å². The number of carbonyl (C=O) groups excluding carboxylic acids is 1. The fourth-order valence-corrected chi connectivity index (χ4v) is 6.06. The van der Waals surface area contributed by atoms with Crippen molar-refractivity contribution in [2.45, 2.75) is 32.2 Å². The zero-order valence-corrected chi connectivity index (χ0v) is 25.2. The molecule has 0 spiro atoms. The molecule has 5 aromatic rings. The number of nitrogens with zero attached hydrogens (tertiary/aromatic N) is 5. The van der Waals surface area contributed by atoms with Gasteiger partial charge in [-0.05, 0) is 74.6 Å². The molecular weight excluding hydrogens is 564 g/mol. The molecule has 0 saturated carbocycles. The second kappa shape index (κ2) is 13.1. The first-order valence-corrected chi connectivity index (χ1v) is 15.5. The van der Waals surface area contributed by atoms with Gasteiger partial charge in [-0.3, -0.25) is 4.79 Å². The lowest BCUT2D eigenvalue weighted by molar-refractivity contribution is -0.128. The summed E-state index contributed by atoms with van der Waals surface area (Å²) in [5, 5.41) is 4.37. The van der Waals surface area contributed by atoms with Crippen molar-refractivity contribution in [1.82, 2.24) is 19.4 Å². The highest BCUT2D eigenvalue weighted by molar-refractivity contribution is 7.92. The molecule has 0 unspecified atom stereocenters. The molecule has 11 heteroatoms. The Balaban J connectivity index is 1.32. The van der Waals surface area contributed by atoms with Gasteiger partial charge in [-0.1, -0.05) is 42.1 Å². The molecule has 1 N–H and O–H groups in total. The van der Waals surface area contributed by atoms with Gasteiger partial charge in [0.05, 0.1) is 16.3 Å². The predicted octanol–water partition coefficient (Wildman–Crippen LogP) is 5.78. The SMILES string of the molecule is CCN(CC)CCn1ccc2cc(-c3cc(Nc4ccc(N(OC=O)S(=O)(=O)c5ccc(C)cc5)cc4)ncn3)ccc21. The molecule has 0 radical (unpaired) electrons. The van der Waals surface area contributed by atoms with Crippen molar-refractivity contribution in [3.05, 3.63) is 97.0 Å². The van der Waals surface area contributed by atoms with Crippen LogP contribution >= 0.6 is 0 Å². The average molecular weight is 599 g/mol. The van der Waals surface area contributed by atoms with Crippen LogP contribution in [0.5, 0.6) is 0 Å². The molecule has 0 aliphatic rings. The van der Waals surface area contributed by atoms with Gasteiger partial charge in [0, 0.05) is 47.5 Å². The molecule has 2 heterocycles. The van der Waals surface area contributed by atoms with Gasteiger partial charge in [-0.15, -0.1) is 0 Å². The summed E-state index contributed by atoms with van der Waals surface area (Å²) in [6.45, 7) is 10.3. The summed E-state index contributed by atoms with van der Waals surface area (Å²) in [5.41, 5.74) is 4.65. The van der Waals surface area contributed by atoms with Crippen molar-refractivity contribution in [2.75, 3.05) is 29.4 Å². The van der Waals surface area contributed by atoms with Crippen molar-refractivity contribution in [2.24, 2.45) is 0 Å². The lowest BCUT2D eigenvalue weighted by Gasteiger charge is -2.21. The zero-order chi connectivity index (χ0) is 30.4. The Bertz CT molecular complexity index is 1800. The minimum Gasteiger partial charge on any atom is -0.346 e. The van der Waals surface area contributed by atoms with Crippen molar-refractivity contribution < 1.29 is 18.0 Å². The van der Waals surface area contributed by atoms with E-state index >= 15 is 0 Å². The Morgan fingerprint density at radius 3 is 2.37 bits per heavy atom. The Labute approximate surface area is 251 Å². The molecular formula is C32H34N6O4S. The molecule has 5 rings (SSSR count). The number of benzene rings is 3. The summed E-state index contributed by atoms with van der Waals surface area (Å²) >= 11 is 0. The quantitative estimate of drug-likeness (QED) is 0.134. The van der Waals surface area contributed by atoms with Gasteiger partial charge >= 0.3 is 6.47 Å². The van der Waals surface area contributed by atoms with E-state index in [0.29, 0.717) is 16.0 Å². The van der Waals surface area contributed by atoms with E-state index in [4.69, 9.17) is 4.84 Å². The molecule has 0 atom stereocenters. The van der Waals surface area contributed by atoms with Crippen molar-refractivity contribution >= 4 is 44.6 Å². The number of aryl methyl sites for hydroxylation is 1. The highest BCUT2D eigenvalue weighted by Gasteiger charge is 2.27. The molecule has 0 aliphatic heterocycles. The van der Waals surface area contributed by atoms with E-state index in [1.54, 1.807) is 36.4 Å². The smallest absolute Gasteiger partial charge is 0.322 e. The third-order valence-corrected chi connectivity index (χ3v) is 8.91. The molecule has 3 aromatic carbocycles. The first-order valence-electron chi connectivity index (χ1n) is 14.1. The Hall–Kier alpha value is -4.74. The van der Waals surface area contributed by atoms with Crippen molar-refractivity contribution in [3.8, 4) is 11.3 Å². The maximum absolute atomic E-state index is 13.2. The fourth-order valence-electron chi connectivity index (χ4n) is 4.84. The number of nitrogens with one attached hydrogen (secondary N) is 1. The number of likely N-dealkylation sites (N-methyl/N-ethyl adjacent to an activating group) is 1. The van der Waals surface area contributed by atoms with Crippen LogP contribution in [-0.4, -0.2) is 54.0 Å². The standard InChI is InChI=1S/C32H34N6O4S/c1-4-36(5-2)18-19-37-17-16-26-20-25(8-15-31(26)37)30-21-32(34-22-33-30)35-27-9-11-28(12-10-27)38(42-23-39)43(40,41)29-13-6-24(3)7-14-29/h6-17,20-23H,4-5,18-19H2,1-3H3,(H,33,34,35). The maximum Gasteiger partial charge on any atom is 0.322 e. The first-order chi connectivity index (χ1) is 20.8. The van der Waals surface area contributed by atoms with E-state index in [0.717, 1.165) is 48.4 Å². The predicted molar refractivity (Wildman–Crippen MR) is 168 cm³/mol. The molecule has 0 saturated heterocycles. The van der Waals surface area contributed by atoms with Gasteiger partial charge in [0.1, 0.15) is 12.1 Å². The Morgan fingerprint density at radius 2 is 1.67 bits per heavy atom. The molecule has 2 aromatic heterocycles. The van der Waals surface area contributed by atoms with Crippen LogP contribution < -0.4 is 9.79 Å². The highest BCUT2D eigenvalue weighted by atomic mass is 32.2. The number of hydrogen-bond acceptors (Lipinski definition) is 8. The van der Waals surface area contributed by atoms with E-state index in [2.05, 4.69) is 69.1 Å². The normalized spacial score (nSPS) is 11.5. The Morgan fingerprint density at radius 1 is 0.930 bits per heavy atom. The van der Waals surface area contributed by atoms with Gasteiger partial charge < -0.3 is 19.6 Å². The van der Waals surface area contributed by atoms with Crippen molar-refractivity contribution in [3.63, 3.8) is 0 Å². The first kappa shape index (κ1) is 29.7. The second-order valence-corrected chi connectivity index (χ2v) is 11.8. The number of hydrogen-bond donors (Lipinski definition) is 1. The highest BCUT2D eigenvalue weighted by Crippen LogP contribution is 2.28. The average Bonchev–Trinajstić information content (AvgIpc) is 3.43. The van der Waals surface area contributed by atoms with E-state index in [1.165, 1.54) is 24.0 Å². The minimum absolute atomic E-state index is 0.00468. The lowest BCUT2D eigenvalue weighted by Crippen LogP contribution is -2.30. The number of aromatic nitrogens is 3. The molecule has 0 amide bonds. The van der Waals surface area contributed by atoms with E-state index < -0.39 is 10.0 Å². The summed E-state index contributed by atoms with van der Waals surface area (Å²) < 4.78 is 29.2. The van der Waals surface area contributed by atoms with E-state index in [9.17, 15) is 13.2 Å². The molecule has 10 nitrogen and oxygen atoms in total.